The van der Waals surface area contributed by atoms with Crippen molar-refractivity contribution < 1.29 is 9.53 Å². The molecule has 2 atom stereocenters. The van der Waals surface area contributed by atoms with Crippen LogP contribution in [0.3, 0.4) is 0 Å². The fourth-order valence-corrected chi connectivity index (χ4v) is 5.54. The molecule has 0 amide bonds. The van der Waals surface area contributed by atoms with Crippen LogP contribution in [-0.2, 0) is 9.53 Å². The first-order valence-corrected chi connectivity index (χ1v) is 12.6. The summed E-state index contributed by atoms with van der Waals surface area (Å²) in [4.78, 5) is 16.0. The molecular weight excluding hydrogens is 458 g/mol. The van der Waals surface area contributed by atoms with Crippen molar-refractivity contribution in [2.45, 2.75) is 24.8 Å². The number of nitrogens with zero attached hydrogens (tertiary/aromatic N) is 1. The van der Waals surface area contributed by atoms with Crippen molar-refractivity contribution in [3.05, 3.63) is 100 Å². The van der Waals surface area contributed by atoms with Gasteiger partial charge < -0.3 is 20.3 Å². The zero-order valence-electron chi connectivity index (χ0n) is 19.5. The fraction of sp³-hybridized carbons (Fsp3) is 0.276. The molecule has 0 aromatic heterocycles. The van der Waals surface area contributed by atoms with Gasteiger partial charge in [0.05, 0.1) is 30.6 Å². The molecule has 1 aliphatic carbocycles. The Morgan fingerprint density at radius 3 is 2.26 bits per heavy atom. The third-order valence-corrected chi connectivity index (χ3v) is 7.51. The van der Waals surface area contributed by atoms with Crippen LogP contribution in [0.25, 0.3) is 0 Å². The molecule has 3 aliphatic rings. The number of nitrogens with one attached hydrogen (secondary N) is 2. The summed E-state index contributed by atoms with van der Waals surface area (Å²) < 4.78 is 5.50. The zero-order chi connectivity index (χ0) is 23.8. The highest BCUT2D eigenvalue weighted by molar-refractivity contribution is 6.30. The molecule has 0 bridgehead atoms. The number of hydrogen-bond donors (Lipinski definition) is 2. The standard InChI is InChI=1S/C29H28ClN3O2/c30-22-9-5-19(6-10-22)21-17-26-28(27(34)18-21)29(32-25-4-2-1-3-24(25)31-26)20-7-11-23(12-8-20)33-13-15-35-16-14-33/h1-12,21,29,31-32H,13-18H2. The van der Waals surface area contributed by atoms with Crippen LogP contribution in [0.1, 0.15) is 35.9 Å². The molecule has 2 aliphatic heterocycles. The van der Waals surface area contributed by atoms with Crippen LogP contribution in [0.15, 0.2) is 84.1 Å². The van der Waals surface area contributed by atoms with Crippen LogP contribution in [0, 0.1) is 0 Å². The molecule has 1 saturated heterocycles. The molecule has 35 heavy (non-hydrogen) atoms. The highest BCUT2D eigenvalue weighted by atomic mass is 35.5. The second kappa shape index (κ2) is 9.40. The Bertz CT molecular complexity index is 1260. The van der Waals surface area contributed by atoms with E-state index in [4.69, 9.17) is 16.3 Å². The second-order valence-corrected chi connectivity index (χ2v) is 9.85. The van der Waals surface area contributed by atoms with Crippen molar-refractivity contribution in [1.82, 2.24) is 0 Å². The highest BCUT2D eigenvalue weighted by Crippen LogP contribution is 2.44. The molecule has 2 heterocycles. The second-order valence-electron chi connectivity index (χ2n) is 9.41. The van der Waals surface area contributed by atoms with Crippen LogP contribution >= 0.6 is 11.6 Å². The maximum atomic E-state index is 13.7. The molecular formula is C29H28ClN3O2. The number of anilines is 3. The lowest BCUT2D eigenvalue weighted by atomic mass is 9.78. The van der Waals surface area contributed by atoms with Gasteiger partial charge >= 0.3 is 0 Å². The lowest BCUT2D eigenvalue weighted by molar-refractivity contribution is -0.116. The number of carbonyl (C=O) groups excluding carboxylic acids is 1. The maximum absolute atomic E-state index is 13.7. The minimum Gasteiger partial charge on any atom is -0.378 e. The van der Waals surface area contributed by atoms with Crippen LogP contribution in [0.5, 0.6) is 0 Å². The first kappa shape index (κ1) is 22.2. The van der Waals surface area contributed by atoms with E-state index in [1.165, 1.54) is 5.69 Å². The number of benzene rings is 3. The average molecular weight is 486 g/mol. The third kappa shape index (κ3) is 4.42. The van der Waals surface area contributed by atoms with E-state index in [-0.39, 0.29) is 17.7 Å². The van der Waals surface area contributed by atoms with Crippen molar-refractivity contribution in [1.29, 1.82) is 0 Å². The first-order valence-electron chi connectivity index (χ1n) is 12.2. The number of morpholine rings is 1. The molecule has 178 valence electrons. The number of allylic oxidation sites excluding steroid dienone is 1. The summed E-state index contributed by atoms with van der Waals surface area (Å²) in [6.07, 6.45) is 1.27. The molecule has 6 heteroatoms. The summed E-state index contributed by atoms with van der Waals surface area (Å²) >= 11 is 6.11. The first-order chi connectivity index (χ1) is 17.2. The predicted molar refractivity (Wildman–Crippen MR) is 141 cm³/mol. The summed E-state index contributed by atoms with van der Waals surface area (Å²) in [7, 11) is 0. The maximum Gasteiger partial charge on any atom is 0.163 e. The largest absolute Gasteiger partial charge is 0.378 e. The Morgan fingerprint density at radius 2 is 1.51 bits per heavy atom. The van der Waals surface area contributed by atoms with Crippen LogP contribution in [0.2, 0.25) is 5.02 Å². The molecule has 2 unspecified atom stereocenters. The van der Waals surface area contributed by atoms with E-state index in [2.05, 4.69) is 51.9 Å². The van der Waals surface area contributed by atoms with Gasteiger partial charge in [-0.25, -0.2) is 0 Å². The SMILES string of the molecule is O=C1CC(c2ccc(Cl)cc2)CC2=C1C(c1ccc(N3CCOCC3)cc1)Nc1ccccc1N2. The number of ketones is 1. The lowest BCUT2D eigenvalue weighted by Crippen LogP contribution is -2.36. The number of carbonyl (C=O) groups is 1. The van der Waals surface area contributed by atoms with E-state index in [1.54, 1.807) is 0 Å². The molecule has 2 N–H and O–H groups in total. The van der Waals surface area contributed by atoms with Gasteiger partial charge in [-0.2, -0.15) is 0 Å². The normalized spacial score (nSPS) is 22.0. The molecule has 0 radical (unpaired) electrons. The monoisotopic (exact) mass is 485 g/mol. The van der Waals surface area contributed by atoms with Gasteiger partial charge in [0.1, 0.15) is 0 Å². The average Bonchev–Trinajstić information content (AvgIpc) is 3.07. The van der Waals surface area contributed by atoms with Crippen LogP contribution in [0.4, 0.5) is 17.1 Å². The molecule has 6 rings (SSSR count). The van der Waals surface area contributed by atoms with Crippen LogP contribution in [-0.4, -0.2) is 32.1 Å². The minimum absolute atomic E-state index is 0.126. The molecule has 3 aromatic carbocycles. The number of Topliss-reactive ketones (excluding diaryl/α,β-unsaturated/α-hetero) is 1. The number of rotatable bonds is 3. The number of fused-ring (bicyclic) bond motifs is 1. The van der Waals surface area contributed by atoms with E-state index >= 15 is 0 Å². The van der Waals surface area contributed by atoms with Gasteiger partial charge in [0.15, 0.2) is 5.78 Å². The number of hydrogen-bond acceptors (Lipinski definition) is 5. The summed E-state index contributed by atoms with van der Waals surface area (Å²) in [5.41, 5.74) is 7.26. The summed E-state index contributed by atoms with van der Waals surface area (Å²) in [6.45, 7) is 3.32. The molecule has 0 spiro atoms. The number of halogens is 1. The van der Waals surface area contributed by atoms with E-state index in [0.717, 1.165) is 66.5 Å². The van der Waals surface area contributed by atoms with Crippen molar-refractivity contribution >= 4 is 34.4 Å². The van der Waals surface area contributed by atoms with Crippen LogP contribution < -0.4 is 15.5 Å². The van der Waals surface area contributed by atoms with Gasteiger partial charge in [0.2, 0.25) is 0 Å². The lowest BCUT2D eigenvalue weighted by Gasteiger charge is -2.31. The Labute approximate surface area is 210 Å². The van der Waals surface area contributed by atoms with Gasteiger partial charge in [-0.05, 0) is 59.9 Å². The van der Waals surface area contributed by atoms with E-state index < -0.39 is 0 Å². The number of para-hydroxylation sites is 2. The van der Waals surface area contributed by atoms with Crippen molar-refractivity contribution in [3.63, 3.8) is 0 Å². The topological polar surface area (TPSA) is 53.6 Å². The van der Waals surface area contributed by atoms with Crippen molar-refractivity contribution in [2.24, 2.45) is 0 Å². The highest BCUT2D eigenvalue weighted by Gasteiger charge is 2.36. The minimum atomic E-state index is -0.210. The van der Waals surface area contributed by atoms with E-state index in [9.17, 15) is 4.79 Å². The Balaban J connectivity index is 1.37. The van der Waals surface area contributed by atoms with E-state index in [0.29, 0.717) is 11.4 Å². The molecule has 5 nitrogen and oxygen atoms in total. The van der Waals surface area contributed by atoms with Gasteiger partial charge in [-0.3, -0.25) is 4.79 Å². The van der Waals surface area contributed by atoms with Crippen molar-refractivity contribution in [2.75, 3.05) is 41.8 Å². The van der Waals surface area contributed by atoms with Gasteiger partial charge in [-0.15, -0.1) is 0 Å². The summed E-state index contributed by atoms with van der Waals surface area (Å²) in [6, 6.07) is 24.5. The van der Waals surface area contributed by atoms with Gasteiger partial charge in [0, 0.05) is 41.5 Å². The quantitative estimate of drug-likeness (QED) is 0.465. The molecule has 0 saturated carbocycles. The Hall–Kier alpha value is -3.28. The summed E-state index contributed by atoms with van der Waals surface area (Å²) in [5, 5.41) is 8.00. The smallest absolute Gasteiger partial charge is 0.163 e. The number of ether oxygens (including phenoxy) is 1. The predicted octanol–water partition coefficient (Wildman–Crippen LogP) is 6.16. The van der Waals surface area contributed by atoms with Gasteiger partial charge in [-0.1, -0.05) is 48.0 Å². The Morgan fingerprint density at radius 1 is 0.829 bits per heavy atom. The zero-order valence-corrected chi connectivity index (χ0v) is 20.2. The third-order valence-electron chi connectivity index (χ3n) is 7.25. The molecule has 1 fully saturated rings. The Kier molecular flexibility index (Phi) is 5.96. The van der Waals surface area contributed by atoms with Crippen molar-refractivity contribution in [3.8, 4) is 0 Å². The fourth-order valence-electron chi connectivity index (χ4n) is 5.41. The summed E-state index contributed by atoms with van der Waals surface area (Å²) in [5.74, 6) is 0.307. The molecule has 3 aromatic rings. The van der Waals surface area contributed by atoms with E-state index in [1.807, 2.05) is 36.4 Å². The van der Waals surface area contributed by atoms with Gasteiger partial charge in [0.25, 0.3) is 0 Å².